The third-order valence-corrected chi connectivity index (χ3v) is 2.77. The van der Waals surface area contributed by atoms with E-state index in [9.17, 15) is 0 Å². The van der Waals surface area contributed by atoms with E-state index in [1.54, 1.807) is 7.11 Å². The highest BCUT2D eigenvalue weighted by Gasteiger charge is 2.07. The molecule has 0 radical (unpaired) electrons. The molecule has 2 aromatic rings. The lowest BCUT2D eigenvalue weighted by Gasteiger charge is -2.08. The SMILES string of the molecule is COc1ccc(-c2c(C)cccc2C#N)cc1. The van der Waals surface area contributed by atoms with E-state index in [-0.39, 0.29) is 0 Å². The molecule has 84 valence electrons. The molecule has 0 saturated carbocycles. The fourth-order valence-electron chi connectivity index (χ4n) is 1.90. The molecule has 0 bridgehead atoms. The summed E-state index contributed by atoms with van der Waals surface area (Å²) in [6.07, 6.45) is 0. The zero-order valence-corrected chi connectivity index (χ0v) is 9.90. The third-order valence-electron chi connectivity index (χ3n) is 2.77. The summed E-state index contributed by atoms with van der Waals surface area (Å²) in [4.78, 5) is 0. The van der Waals surface area contributed by atoms with Gasteiger partial charge < -0.3 is 4.74 Å². The van der Waals surface area contributed by atoms with E-state index in [0.717, 1.165) is 22.4 Å². The van der Waals surface area contributed by atoms with Gasteiger partial charge in [-0.25, -0.2) is 0 Å². The molecule has 0 fully saturated rings. The molecule has 17 heavy (non-hydrogen) atoms. The van der Waals surface area contributed by atoms with Crippen molar-refractivity contribution in [3.05, 3.63) is 53.6 Å². The van der Waals surface area contributed by atoms with Crippen molar-refractivity contribution in [3.8, 4) is 22.9 Å². The molecule has 2 nitrogen and oxygen atoms in total. The number of hydrogen-bond donors (Lipinski definition) is 0. The molecule has 0 aliphatic rings. The third kappa shape index (κ3) is 2.14. The zero-order valence-electron chi connectivity index (χ0n) is 9.90. The van der Waals surface area contributed by atoms with Crippen LogP contribution in [0.15, 0.2) is 42.5 Å². The number of ether oxygens (including phenoxy) is 1. The minimum Gasteiger partial charge on any atom is -0.497 e. The lowest BCUT2D eigenvalue weighted by Crippen LogP contribution is -1.89. The first-order chi connectivity index (χ1) is 8.26. The van der Waals surface area contributed by atoms with Crippen molar-refractivity contribution in [2.24, 2.45) is 0 Å². The van der Waals surface area contributed by atoms with Crippen LogP contribution in [0.25, 0.3) is 11.1 Å². The summed E-state index contributed by atoms with van der Waals surface area (Å²) in [5, 5.41) is 9.13. The first-order valence-electron chi connectivity index (χ1n) is 5.40. The maximum Gasteiger partial charge on any atom is 0.118 e. The second-order valence-electron chi connectivity index (χ2n) is 3.84. The molecule has 2 aromatic carbocycles. The van der Waals surface area contributed by atoms with Crippen LogP contribution in [-0.4, -0.2) is 7.11 Å². The monoisotopic (exact) mass is 223 g/mol. The predicted octanol–water partition coefficient (Wildman–Crippen LogP) is 3.54. The van der Waals surface area contributed by atoms with Gasteiger partial charge in [-0.15, -0.1) is 0 Å². The largest absolute Gasteiger partial charge is 0.497 e. The van der Waals surface area contributed by atoms with Gasteiger partial charge in [-0.3, -0.25) is 0 Å². The summed E-state index contributed by atoms with van der Waals surface area (Å²) >= 11 is 0. The van der Waals surface area contributed by atoms with Crippen molar-refractivity contribution >= 4 is 0 Å². The number of aryl methyl sites for hydroxylation is 1. The number of nitrogens with zero attached hydrogens (tertiary/aromatic N) is 1. The van der Waals surface area contributed by atoms with Crippen molar-refractivity contribution in [2.45, 2.75) is 6.92 Å². The molecule has 0 heterocycles. The van der Waals surface area contributed by atoms with Crippen molar-refractivity contribution in [2.75, 3.05) is 7.11 Å². The van der Waals surface area contributed by atoms with E-state index < -0.39 is 0 Å². The molecule has 0 unspecified atom stereocenters. The summed E-state index contributed by atoms with van der Waals surface area (Å²) < 4.78 is 5.13. The molecule has 2 rings (SSSR count). The summed E-state index contributed by atoms with van der Waals surface area (Å²) in [7, 11) is 1.64. The van der Waals surface area contributed by atoms with Crippen molar-refractivity contribution in [1.29, 1.82) is 5.26 Å². The summed E-state index contributed by atoms with van der Waals surface area (Å²) in [5.74, 6) is 0.820. The Morgan fingerprint density at radius 2 is 1.76 bits per heavy atom. The first kappa shape index (κ1) is 11.2. The number of benzene rings is 2. The first-order valence-corrected chi connectivity index (χ1v) is 5.40. The van der Waals surface area contributed by atoms with Crippen LogP contribution in [0, 0.1) is 18.3 Å². The number of nitriles is 1. The van der Waals surface area contributed by atoms with Crippen LogP contribution < -0.4 is 4.74 Å². The van der Waals surface area contributed by atoms with Gasteiger partial charge in [0.25, 0.3) is 0 Å². The minimum absolute atomic E-state index is 0.704. The average molecular weight is 223 g/mol. The average Bonchev–Trinajstić information content (AvgIpc) is 2.38. The van der Waals surface area contributed by atoms with Gasteiger partial charge in [0.1, 0.15) is 5.75 Å². The standard InChI is InChI=1S/C15H13NO/c1-11-4-3-5-13(10-16)15(11)12-6-8-14(17-2)9-7-12/h3-9H,1-2H3. The van der Waals surface area contributed by atoms with Gasteiger partial charge in [0.15, 0.2) is 0 Å². The zero-order chi connectivity index (χ0) is 12.3. The Balaban J connectivity index is 2.56. The highest BCUT2D eigenvalue weighted by atomic mass is 16.5. The molecular formula is C15H13NO. The fraction of sp³-hybridized carbons (Fsp3) is 0.133. The maximum atomic E-state index is 9.13. The van der Waals surface area contributed by atoms with Crippen LogP contribution in [0.3, 0.4) is 0 Å². The Hall–Kier alpha value is -2.27. The Kier molecular flexibility index (Phi) is 3.11. The van der Waals surface area contributed by atoms with Crippen LogP contribution in [0.5, 0.6) is 5.75 Å². The van der Waals surface area contributed by atoms with Gasteiger partial charge in [-0.2, -0.15) is 5.26 Å². The quantitative estimate of drug-likeness (QED) is 0.780. The van der Waals surface area contributed by atoms with Crippen LogP contribution in [0.2, 0.25) is 0 Å². The summed E-state index contributed by atoms with van der Waals surface area (Å²) in [6, 6.07) is 15.7. The van der Waals surface area contributed by atoms with Crippen LogP contribution in [0.4, 0.5) is 0 Å². The summed E-state index contributed by atoms with van der Waals surface area (Å²) in [6.45, 7) is 2.01. The Morgan fingerprint density at radius 1 is 1.06 bits per heavy atom. The predicted molar refractivity (Wildman–Crippen MR) is 67.9 cm³/mol. The van der Waals surface area contributed by atoms with Gasteiger partial charge in [0.05, 0.1) is 18.7 Å². The smallest absolute Gasteiger partial charge is 0.118 e. The lowest BCUT2D eigenvalue weighted by atomic mass is 9.96. The highest BCUT2D eigenvalue weighted by Crippen LogP contribution is 2.28. The minimum atomic E-state index is 0.704. The number of rotatable bonds is 2. The van der Waals surface area contributed by atoms with Gasteiger partial charge in [-0.05, 0) is 36.2 Å². The molecule has 0 spiro atoms. The van der Waals surface area contributed by atoms with E-state index in [0.29, 0.717) is 5.56 Å². The van der Waals surface area contributed by atoms with Crippen LogP contribution in [0.1, 0.15) is 11.1 Å². The maximum absolute atomic E-state index is 9.13. The topological polar surface area (TPSA) is 33.0 Å². The lowest BCUT2D eigenvalue weighted by molar-refractivity contribution is 0.415. The van der Waals surface area contributed by atoms with Crippen molar-refractivity contribution < 1.29 is 4.74 Å². The molecule has 0 aromatic heterocycles. The molecule has 0 atom stereocenters. The second kappa shape index (κ2) is 4.71. The van der Waals surface area contributed by atoms with E-state index in [1.807, 2.05) is 49.4 Å². The van der Waals surface area contributed by atoms with E-state index in [4.69, 9.17) is 10.00 Å². The molecule has 0 N–H and O–H groups in total. The van der Waals surface area contributed by atoms with Gasteiger partial charge in [0, 0.05) is 5.56 Å². The molecular weight excluding hydrogens is 210 g/mol. The van der Waals surface area contributed by atoms with E-state index in [1.165, 1.54) is 0 Å². The molecule has 0 saturated heterocycles. The number of hydrogen-bond acceptors (Lipinski definition) is 2. The normalized spacial score (nSPS) is 9.71. The van der Waals surface area contributed by atoms with Gasteiger partial charge in [0.2, 0.25) is 0 Å². The van der Waals surface area contributed by atoms with E-state index in [2.05, 4.69) is 6.07 Å². The van der Waals surface area contributed by atoms with Gasteiger partial charge >= 0.3 is 0 Å². The highest BCUT2D eigenvalue weighted by molar-refractivity contribution is 5.74. The molecule has 0 aliphatic heterocycles. The van der Waals surface area contributed by atoms with Crippen molar-refractivity contribution in [3.63, 3.8) is 0 Å². The Morgan fingerprint density at radius 3 is 2.35 bits per heavy atom. The van der Waals surface area contributed by atoms with Gasteiger partial charge in [-0.1, -0.05) is 24.3 Å². The Labute approximate surface area is 101 Å². The van der Waals surface area contributed by atoms with Crippen LogP contribution >= 0.6 is 0 Å². The number of methoxy groups -OCH3 is 1. The Bertz CT molecular complexity index is 564. The molecule has 0 amide bonds. The molecule has 2 heteroatoms. The van der Waals surface area contributed by atoms with Crippen LogP contribution in [-0.2, 0) is 0 Å². The fourth-order valence-corrected chi connectivity index (χ4v) is 1.90. The second-order valence-corrected chi connectivity index (χ2v) is 3.84. The molecule has 0 aliphatic carbocycles. The van der Waals surface area contributed by atoms with E-state index >= 15 is 0 Å². The summed E-state index contributed by atoms with van der Waals surface area (Å²) in [5.41, 5.74) is 3.85. The van der Waals surface area contributed by atoms with Crippen molar-refractivity contribution in [1.82, 2.24) is 0 Å².